The molecule has 2 amide bonds. The maximum Gasteiger partial charge on any atom is 0.326 e. The molecule has 3 atom stereocenters. The van der Waals surface area contributed by atoms with Crippen molar-refractivity contribution in [2.75, 3.05) is 13.1 Å². The van der Waals surface area contributed by atoms with E-state index in [4.69, 9.17) is 11.5 Å². The van der Waals surface area contributed by atoms with E-state index in [1.807, 2.05) is 0 Å². The number of amides is 2. The predicted molar refractivity (Wildman–Crippen MR) is 85.4 cm³/mol. The van der Waals surface area contributed by atoms with Crippen molar-refractivity contribution in [3.05, 3.63) is 0 Å². The molecule has 23 heavy (non-hydrogen) atoms. The molecular formula is C15H28N4O4. The van der Waals surface area contributed by atoms with Crippen LogP contribution in [0.4, 0.5) is 0 Å². The van der Waals surface area contributed by atoms with Gasteiger partial charge >= 0.3 is 5.97 Å². The van der Waals surface area contributed by atoms with E-state index in [2.05, 4.69) is 5.32 Å². The highest BCUT2D eigenvalue weighted by atomic mass is 16.4. The highest BCUT2D eigenvalue weighted by molar-refractivity contribution is 5.92. The summed E-state index contributed by atoms with van der Waals surface area (Å²) >= 11 is 0. The third-order valence-corrected chi connectivity index (χ3v) is 4.11. The third-order valence-electron chi connectivity index (χ3n) is 4.11. The lowest BCUT2D eigenvalue weighted by Crippen LogP contribution is -2.56. The molecule has 1 saturated heterocycles. The zero-order valence-electron chi connectivity index (χ0n) is 13.8. The van der Waals surface area contributed by atoms with Crippen molar-refractivity contribution in [1.82, 2.24) is 10.2 Å². The van der Waals surface area contributed by atoms with Crippen LogP contribution in [-0.4, -0.2) is 59.0 Å². The van der Waals surface area contributed by atoms with Crippen LogP contribution in [-0.2, 0) is 14.4 Å². The van der Waals surface area contributed by atoms with Gasteiger partial charge in [0.15, 0.2) is 0 Å². The van der Waals surface area contributed by atoms with E-state index in [1.54, 1.807) is 13.8 Å². The van der Waals surface area contributed by atoms with Crippen LogP contribution in [0.5, 0.6) is 0 Å². The van der Waals surface area contributed by atoms with E-state index in [1.165, 1.54) is 4.90 Å². The lowest BCUT2D eigenvalue weighted by atomic mass is 10.0. The first-order chi connectivity index (χ1) is 10.8. The number of carboxylic acids is 1. The van der Waals surface area contributed by atoms with Crippen LogP contribution in [0.25, 0.3) is 0 Å². The summed E-state index contributed by atoms with van der Waals surface area (Å²) in [7, 11) is 0. The largest absolute Gasteiger partial charge is 0.480 e. The SMILES string of the molecule is CC(C)[C@H](NC(=O)[C@@H](N)CCCN)C(=O)N1CCC[C@H]1C(=O)O. The molecule has 8 nitrogen and oxygen atoms in total. The smallest absolute Gasteiger partial charge is 0.326 e. The lowest BCUT2D eigenvalue weighted by Gasteiger charge is -2.30. The normalized spacial score (nSPS) is 20.4. The van der Waals surface area contributed by atoms with Gasteiger partial charge in [-0.05, 0) is 38.1 Å². The number of likely N-dealkylation sites (tertiary alicyclic amines) is 1. The van der Waals surface area contributed by atoms with E-state index in [0.29, 0.717) is 38.8 Å². The summed E-state index contributed by atoms with van der Waals surface area (Å²) in [5.41, 5.74) is 11.2. The number of nitrogens with one attached hydrogen (secondary N) is 1. The fourth-order valence-electron chi connectivity index (χ4n) is 2.71. The van der Waals surface area contributed by atoms with Crippen molar-refractivity contribution in [2.45, 2.75) is 57.7 Å². The fraction of sp³-hybridized carbons (Fsp3) is 0.800. The second-order valence-corrected chi connectivity index (χ2v) is 6.30. The highest BCUT2D eigenvalue weighted by Crippen LogP contribution is 2.20. The van der Waals surface area contributed by atoms with Gasteiger partial charge in [0, 0.05) is 6.54 Å². The first kappa shape index (κ1) is 19.4. The Morgan fingerprint density at radius 1 is 1.35 bits per heavy atom. The number of carbonyl (C=O) groups excluding carboxylic acids is 2. The van der Waals surface area contributed by atoms with E-state index in [9.17, 15) is 19.5 Å². The number of hydrogen-bond donors (Lipinski definition) is 4. The monoisotopic (exact) mass is 328 g/mol. The van der Waals surface area contributed by atoms with Gasteiger partial charge in [0.25, 0.3) is 0 Å². The Morgan fingerprint density at radius 2 is 2.00 bits per heavy atom. The van der Waals surface area contributed by atoms with E-state index in [-0.39, 0.29) is 11.8 Å². The second-order valence-electron chi connectivity index (χ2n) is 6.30. The van der Waals surface area contributed by atoms with Crippen LogP contribution in [0.2, 0.25) is 0 Å². The van der Waals surface area contributed by atoms with Gasteiger partial charge in [0.1, 0.15) is 12.1 Å². The number of nitrogens with zero attached hydrogens (tertiary/aromatic N) is 1. The molecule has 0 bridgehead atoms. The van der Waals surface area contributed by atoms with Crippen LogP contribution in [0.3, 0.4) is 0 Å². The molecule has 0 aliphatic carbocycles. The van der Waals surface area contributed by atoms with Gasteiger partial charge in [-0.3, -0.25) is 9.59 Å². The molecule has 6 N–H and O–H groups in total. The van der Waals surface area contributed by atoms with Crippen LogP contribution in [0, 0.1) is 5.92 Å². The van der Waals surface area contributed by atoms with Crippen molar-refractivity contribution >= 4 is 17.8 Å². The summed E-state index contributed by atoms with van der Waals surface area (Å²) in [6, 6.07) is -2.31. The molecule has 0 aromatic rings. The Labute approximate surface area is 136 Å². The second kappa shape index (κ2) is 8.83. The Kier molecular flexibility index (Phi) is 7.44. The molecule has 1 rings (SSSR count). The molecule has 1 heterocycles. The number of rotatable bonds is 8. The molecule has 0 unspecified atom stereocenters. The molecule has 0 aromatic heterocycles. The molecule has 8 heteroatoms. The van der Waals surface area contributed by atoms with Gasteiger partial charge in [-0.15, -0.1) is 0 Å². The Hall–Kier alpha value is -1.67. The number of hydrogen-bond acceptors (Lipinski definition) is 5. The lowest BCUT2D eigenvalue weighted by molar-refractivity contribution is -0.150. The topological polar surface area (TPSA) is 139 Å². The summed E-state index contributed by atoms with van der Waals surface area (Å²) in [5, 5.41) is 11.9. The van der Waals surface area contributed by atoms with Crippen molar-refractivity contribution in [1.29, 1.82) is 0 Å². The Balaban J connectivity index is 2.76. The molecular weight excluding hydrogens is 300 g/mol. The average molecular weight is 328 g/mol. The van der Waals surface area contributed by atoms with Gasteiger partial charge in [-0.1, -0.05) is 13.8 Å². The van der Waals surface area contributed by atoms with Gasteiger partial charge in [0.05, 0.1) is 6.04 Å². The van der Waals surface area contributed by atoms with E-state index >= 15 is 0 Å². The summed E-state index contributed by atoms with van der Waals surface area (Å²) in [6.45, 7) is 4.45. The zero-order valence-corrected chi connectivity index (χ0v) is 13.8. The summed E-state index contributed by atoms with van der Waals surface area (Å²) in [5.74, 6) is -1.94. The maximum absolute atomic E-state index is 12.7. The average Bonchev–Trinajstić information content (AvgIpc) is 2.98. The summed E-state index contributed by atoms with van der Waals surface area (Å²) in [4.78, 5) is 37.4. The fourth-order valence-corrected chi connectivity index (χ4v) is 2.71. The van der Waals surface area contributed by atoms with Crippen LogP contribution >= 0.6 is 0 Å². The van der Waals surface area contributed by atoms with Crippen molar-refractivity contribution in [3.63, 3.8) is 0 Å². The molecule has 0 spiro atoms. The first-order valence-electron chi connectivity index (χ1n) is 8.08. The molecule has 1 aliphatic heterocycles. The molecule has 1 aliphatic rings. The van der Waals surface area contributed by atoms with Crippen LogP contribution in [0.1, 0.15) is 39.5 Å². The molecule has 1 fully saturated rings. The van der Waals surface area contributed by atoms with Gasteiger partial charge < -0.3 is 26.8 Å². The quantitative estimate of drug-likeness (QED) is 0.463. The minimum absolute atomic E-state index is 0.164. The minimum atomic E-state index is -1.01. The van der Waals surface area contributed by atoms with E-state index in [0.717, 1.165) is 0 Å². The number of carbonyl (C=O) groups is 3. The third kappa shape index (κ3) is 5.18. The first-order valence-corrected chi connectivity index (χ1v) is 8.08. The summed E-state index contributed by atoms with van der Waals surface area (Å²) in [6.07, 6.45) is 2.16. The molecule has 0 radical (unpaired) electrons. The van der Waals surface area contributed by atoms with Crippen molar-refractivity contribution in [3.8, 4) is 0 Å². The maximum atomic E-state index is 12.7. The number of carboxylic acid groups (broad SMARTS) is 1. The van der Waals surface area contributed by atoms with Crippen LogP contribution in [0.15, 0.2) is 0 Å². The number of aliphatic carboxylic acids is 1. The Bertz CT molecular complexity index is 441. The number of nitrogens with two attached hydrogens (primary N) is 2. The molecule has 132 valence electrons. The minimum Gasteiger partial charge on any atom is -0.480 e. The molecule has 0 saturated carbocycles. The Morgan fingerprint density at radius 3 is 2.52 bits per heavy atom. The predicted octanol–water partition coefficient (Wildman–Crippen LogP) is -0.731. The van der Waals surface area contributed by atoms with E-state index < -0.39 is 30.0 Å². The van der Waals surface area contributed by atoms with Crippen LogP contribution < -0.4 is 16.8 Å². The highest BCUT2D eigenvalue weighted by Gasteiger charge is 2.38. The van der Waals surface area contributed by atoms with Gasteiger partial charge in [-0.25, -0.2) is 4.79 Å². The van der Waals surface area contributed by atoms with Gasteiger partial charge in [-0.2, -0.15) is 0 Å². The van der Waals surface area contributed by atoms with Crippen molar-refractivity contribution in [2.24, 2.45) is 17.4 Å². The van der Waals surface area contributed by atoms with Crippen molar-refractivity contribution < 1.29 is 19.5 Å². The standard InChI is InChI=1S/C15H28N4O4/c1-9(2)12(18-13(20)10(17)5-3-7-16)14(21)19-8-4-6-11(19)15(22)23/h9-12H,3-8,16-17H2,1-2H3,(H,18,20)(H,22,23)/t10-,11-,12-/m0/s1. The van der Waals surface area contributed by atoms with Gasteiger partial charge in [0.2, 0.25) is 11.8 Å². The zero-order chi connectivity index (χ0) is 17.6. The molecule has 0 aromatic carbocycles. The summed E-state index contributed by atoms with van der Waals surface area (Å²) < 4.78 is 0.